The number of rotatable bonds is 3. The fourth-order valence-corrected chi connectivity index (χ4v) is 6.20. The highest BCUT2D eigenvalue weighted by Gasteiger charge is 2.49. The smallest absolute Gasteiger partial charge is 0.381 e. The van der Waals surface area contributed by atoms with Crippen LogP contribution in [0.15, 0.2) is 18.2 Å². The predicted molar refractivity (Wildman–Crippen MR) is 117 cm³/mol. The second-order valence-corrected chi connectivity index (χ2v) is 9.92. The van der Waals surface area contributed by atoms with Gasteiger partial charge >= 0.3 is 6.18 Å². The van der Waals surface area contributed by atoms with Gasteiger partial charge in [-0.15, -0.1) is 0 Å². The van der Waals surface area contributed by atoms with E-state index >= 15 is 0 Å². The van der Waals surface area contributed by atoms with Gasteiger partial charge in [-0.05, 0) is 70.2 Å². The van der Waals surface area contributed by atoms with E-state index in [0.717, 1.165) is 26.1 Å². The minimum absolute atomic E-state index is 0.00136. The maximum Gasteiger partial charge on any atom is 0.418 e. The largest absolute Gasteiger partial charge is 0.418 e. The number of alkyl halides is 3. The summed E-state index contributed by atoms with van der Waals surface area (Å²) in [5.41, 5.74) is -0.666. The lowest BCUT2D eigenvalue weighted by Crippen LogP contribution is -2.40. The molecule has 0 aromatic heterocycles. The van der Waals surface area contributed by atoms with Crippen molar-refractivity contribution in [1.82, 2.24) is 4.90 Å². The number of nitrogens with zero attached hydrogens (tertiary/aromatic N) is 3. The summed E-state index contributed by atoms with van der Waals surface area (Å²) in [6.07, 6.45) is 0.624. The van der Waals surface area contributed by atoms with Crippen molar-refractivity contribution in [2.24, 2.45) is 5.41 Å². The van der Waals surface area contributed by atoms with Crippen LogP contribution in [0.2, 0.25) is 0 Å². The molecule has 0 radical (unpaired) electrons. The molecule has 5 rings (SSSR count). The zero-order valence-electron chi connectivity index (χ0n) is 18.7. The number of hydrogen-bond acceptors (Lipinski definition) is 4. The molecule has 1 aromatic rings. The van der Waals surface area contributed by atoms with Crippen LogP contribution in [-0.2, 0) is 15.7 Å². The van der Waals surface area contributed by atoms with Crippen molar-refractivity contribution in [2.75, 3.05) is 49.2 Å². The first-order valence-corrected chi connectivity index (χ1v) is 11.9. The molecule has 176 valence electrons. The molecule has 8 heteroatoms. The maximum atomic E-state index is 14.1. The first-order chi connectivity index (χ1) is 15.3. The Kier molecular flexibility index (Phi) is 5.64. The van der Waals surface area contributed by atoms with Gasteiger partial charge < -0.3 is 14.5 Å². The molecule has 1 aromatic carbocycles. The highest BCUT2D eigenvalue weighted by Crippen LogP contribution is 2.46. The van der Waals surface area contributed by atoms with Crippen molar-refractivity contribution in [1.29, 1.82) is 0 Å². The molecule has 4 aliphatic rings. The fraction of sp³-hybridized carbons (Fsp3) is 0.708. The molecule has 4 heterocycles. The Labute approximate surface area is 187 Å². The molecule has 0 bridgehead atoms. The van der Waals surface area contributed by atoms with Gasteiger partial charge in [0.1, 0.15) is 0 Å². The summed E-state index contributed by atoms with van der Waals surface area (Å²) in [4.78, 5) is 19.2. The van der Waals surface area contributed by atoms with Gasteiger partial charge in [0.15, 0.2) is 0 Å². The quantitative estimate of drug-likeness (QED) is 0.687. The van der Waals surface area contributed by atoms with Gasteiger partial charge in [-0.3, -0.25) is 9.69 Å². The third kappa shape index (κ3) is 3.79. The molecule has 0 N–H and O–H groups in total. The summed E-state index contributed by atoms with van der Waals surface area (Å²) in [7, 11) is 0. The van der Waals surface area contributed by atoms with Crippen LogP contribution >= 0.6 is 0 Å². The average Bonchev–Trinajstić information content (AvgIpc) is 3.48. The molecule has 1 spiro atoms. The summed E-state index contributed by atoms with van der Waals surface area (Å²) in [6, 6.07) is 5.48. The van der Waals surface area contributed by atoms with Crippen LogP contribution in [0.1, 0.15) is 51.0 Å². The van der Waals surface area contributed by atoms with Crippen molar-refractivity contribution in [3.63, 3.8) is 0 Å². The molecule has 4 saturated heterocycles. The lowest BCUT2D eigenvalue weighted by atomic mass is 9.79. The Balaban J connectivity index is 1.39. The van der Waals surface area contributed by atoms with Crippen molar-refractivity contribution in [3.8, 4) is 0 Å². The van der Waals surface area contributed by atoms with Crippen LogP contribution in [-0.4, -0.2) is 62.3 Å². The lowest BCUT2D eigenvalue weighted by Gasteiger charge is -2.32. The summed E-state index contributed by atoms with van der Waals surface area (Å²) in [6.45, 7) is 6.16. The molecule has 5 nitrogen and oxygen atoms in total. The van der Waals surface area contributed by atoms with Crippen LogP contribution in [0.3, 0.4) is 0 Å². The van der Waals surface area contributed by atoms with Crippen molar-refractivity contribution < 1.29 is 22.7 Å². The minimum atomic E-state index is -4.51. The Morgan fingerprint density at radius 2 is 1.84 bits per heavy atom. The highest BCUT2D eigenvalue weighted by molar-refractivity contribution is 6.00. The lowest BCUT2D eigenvalue weighted by molar-refractivity contribution is -0.137. The van der Waals surface area contributed by atoms with Crippen molar-refractivity contribution in [2.45, 2.75) is 63.7 Å². The molecule has 32 heavy (non-hydrogen) atoms. The van der Waals surface area contributed by atoms with E-state index in [2.05, 4.69) is 16.7 Å². The normalized spacial score (nSPS) is 28.9. The number of halogens is 3. The van der Waals surface area contributed by atoms with E-state index in [1.165, 1.54) is 29.9 Å². The first-order valence-electron chi connectivity index (χ1n) is 11.9. The number of hydrogen-bond donors (Lipinski definition) is 0. The Bertz CT molecular complexity index is 869. The predicted octanol–water partition coefficient (Wildman–Crippen LogP) is 4.30. The summed E-state index contributed by atoms with van der Waals surface area (Å²) in [5.74, 6) is -0.177. The van der Waals surface area contributed by atoms with Gasteiger partial charge in [-0.25, -0.2) is 0 Å². The summed E-state index contributed by atoms with van der Waals surface area (Å²) in [5, 5.41) is 0. The van der Waals surface area contributed by atoms with Gasteiger partial charge in [0, 0.05) is 50.6 Å². The van der Waals surface area contributed by atoms with Gasteiger partial charge in [0.2, 0.25) is 5.91 Å². The number of benzene rings is 1. The van der Waals surface area contributed by atoms with Gasteiger partial charge in [-0.1, -0.05) is 0 Å². The molecular formula is C24H32F3N3O2. The fourth-order valence-electron chi connectivity index (χ4n) is 6.20. The number of carbonyl (C=O) groups is 1. The van der Waals surface area contributed by atoms with E-state index in [4.69, 9.17) is 4.74 Å². The zero-order chi connectivity index (χ0) is 22.5. The first kappa shape index (κ1) is 22.0. The number of likely N-dealkylation sites (tertiary alicyclic amines) is 1. The van der Waals surface area contributed by atoms with Gasteiger partial charge in [-0.2, -0.15) is 13.2 Å². The molecule has 4 fully saturated rings. The average molecular weight is 452 g/mol. The monoisotopic (exact) mass is 451 g/mol. The van der Waals surface area contributed by atoms with E-state index in [9.17, 15) is 18.0 Å². The van der Waals surface area contributed by atoms with E-state index in [1.54, 1.807) is 6.07 Å². The van der Waals surface area contributed by atoms with Crippen molar-refractivity contribution in [3.05, 3.63) is 23.8 Å². The summed E-state index contributed by atoms with van der Waals surface area (Å²) < 4.78 is 47.7. The maximum absolute atomic E-state index is 14.1. The van der Waals surface area contributed by atoms with Crippen molar-refractivity contribution >= 4 is 17.3 Å². The molecule has 0 saturated carbocycles. The van der Waals surface area contributed by atoms with Crippen LogP contribution < -0.4 is 9.80 Å². The van der Waals surface area contributed by atoms with Crippen LogP contribution in [0.5, 0.6) is 0 Å². The molecular weight excluding hydrogens is 419 g/mol. The molecule has 4 aliphatic heterocycles. The van der Waals surface area contributed by atoms with E-state index in [1.807, 2.05) is 0 Å². The van der Waals surface area contributed by atoms with E-state index in [-0.39, 0.29) is 11.6 Å². The SMILES string of the molecule is CC1CCCN1C1CCN(c2ccc(N3CCC4(CCOCC4)C3=O)c(C(F)(F)F)c2)C1. The Hall–Kier alpha value is -1.80. The van der Waals surface area contributed by atoms with Crippen LogP contribution in [0.4, 0.5) is 24.5 Å². The molecule has 2 atom stereocenters. The molecule has 0 aliphatic carbocycles. The van der Waals surface area contributed by atoms with Crippen LogP contribution in [0, 0.1) is 5.41 Å². The van der Waals surface area contributed by atoms with E-state index in [0.29, 0.717) is 56.8 Å². The van der Waals surface area contributed by atoms with Gasteiger partial charge in [0.05, 0.1) is 16.7 Å². The number of ether oxygens (including phenoxy) is 1. The standard InChI is InChI=1S/C24H32F3N3O2/c1-17-3-2-10-29(17)19-6-11-28(16-19)18-4-5-21(20(15-18)24(25,26)27)30-12-7-23(22(30)31)8-13-32-14-9-23/h4-5,15,17,19H,2-3,6-14,16H2,1H3. The highest BCUT2D eigenvalue weighted by atomic mass is 19.4. The Morgan fingerprint density at radius 1 is 1.06 bits per heavy atom. The number of amides is 1. The van der Waals surface area contributed by atoms with Crippen LogP contribution in [0.25, 0.3) is 0 Å². The molecule has 1 amide bonds. The third-order valence-electron chi connectivity index (χ3n) is 8.14. The minimum Gasteiger partial charge on any atom is -0.381 e. The second-order valence-electron chi connectivity index (χ2n) is 9.92. The molecule has 2 unspecified atom stereocenters. The topological polar surface area (TPSA) is 36.0 Å². The van der Waals surface area contributed by atoms with Gasteiger partial charge in [0.25, 0.3) is 0 Å². The number of anilines is 2. The second kappa shape index (κ2) is 8.20. The third-order valence-corrected chi connectivity index (χ3v) is 8.14. The van der Waals surface area contributed by atoms with E-state index < -0.39 is 17.2 Å². The summed E-state index contributed by atoms with van der Waals surface area (Å²) >= 11 is 0. The zero-order valence-corrected chi connectivity index (χ0v) is 18.7. The Morgan fingerprint density at radius 3 is 2.53 bits per heavy atom. The number of carbonyl (C=O) groups excluding carboxylic acids is 1.